The van der Waals surface area contributed by atoms with Crippen LogP contribution in [0.1, 0.15) is 37.3 Å². The first kappa shape index (κ1) is 23.6. The van der Waals surface area contributed by atoms with Gasteiger partial charge in [0.05, 0.1) is 13.7 Å². The molecule has 2 N–H and O–H groups in total. The number of methoxy groups -OCH3 is 1. The molecule has 0 saturated carbocycles. The third-order valence-electron chi connectivity index (χ3n) is 3.69. The molecule has 0 aliphatic heterocycles. The van der Waals surface area contributed by atoms with Crippen molar-refractivity contribution < 1.29 is 27.4 Å². The molecule has 0 atom stereocenters. The Balaban J connectivity index is 2.66. The highest BCUT2D eigenvalue weighted by molar-refractivity contribution is 5.79. The van der Waals surface area contributed by atoms with Gasteiger partial charge in [-0.05, 0) is 38.3 Å². The molecule has 1 aromatic rings. The number of esters is 1. The van der Waals surface area contributed by atoms with Crippen LogP contribution < -0.4 is 15.4 Å². The Morgan fingerprint density at radius 1 is 1.21 bits per heavy atom. The number of rotatable bonds is 10. The minimum Gasteiger partial charge on any atom is -0.484 e. The van der Waals surface area contributed by atoms with Gasteiger partial charge in [0, 0.05) is 25.1 Å². The van der Waals surface area contributed by atoms with Crippen molar-refractivity contribution in [3.8, 4) is 5.75 Å². The van der Waals surface area contributed by atoms with E-state index < -0.39 is 12.8 Å². The molecule has 0 heterocycles. The highest BCUT2D eigenvalue weighted by Gasteiger charge is 2.28. The first-order valence-electron chi connectivity index (χ1n) is 9.13. The molecule has 0 aromatic heterocycles. The molecule has 9 heteroatoms. The minimum atomic E-state index is -4.40. The summed E-state index contributed by atoms with van der Waals surface area (Å²) in [6, 6.07) is 5.09. The predicted octanol–water partition coefficient (Wildman–Crippen LogP) is 3.33. The Morgan fingerprint density at radius 2 is 1.96 bits per heavy atom. The number of unbranched alkanes of at least 4 members (excludes halogenated alkanes) is 1. The SMILES string of the molecule is CCNC(=NCc1ccc(C)cc1OCC(F)(F)F)NCCCCC(=O)OC. The third-order valence-corrected chi connectivity index (χ3v) is 3.69. The fourth-order valence-electron chi connectivity index (χ4n) is 2.30. The van der Waals surface area contributed by atoms with E-state index in [1.807, 2.05) is 6.92 Å². The van der Waals surface area contributed by atoms with Gasteiger partial charge in [-0.2, -0.15) is 13.2 Å². The van der Waals surface area contributed by atoms with E-state index in [1.165, 1.54) is 7.11 Å². The smallest absolute Gasteiger partial charge is 0.422 e. The first-order chi connectivity index (χ1) is 13.2. The van der Waals surface area contributed by atoms with E-state index in [2.05, 4.69) is 20.4 Å². The normalized spacial score (nSPS) is 11.9. The summed E-state index contributed by atoms with van der Waals surface area (Å²) in [5.74, 6) is 0.476. The molecule has 0 aliphatic rings. The lowest BCUT2D eigenvalue weighted by Crippen LogP contribution is -2.37. The first-order valence-corrected chi connectivity index (χ1v) is 9.13. The maximum absolute atomic E-state index is 12.5. The van der Waals surface area contributed by atoms with Crippen LogP contribution >= 0.6 is 0 Å². The van der Waals surface area contributed by atoms with Crippen molar-refractivity contribution in [1.29, 1.82) is 0 Å². The zero-order valence-electron chi connectivity index (χ0n) is 16.5. The predicted molar refractivity (Wildman–Crippen MR) is 101 cm³/mol. The maximum atomic E-state index is 12.5. The molecule has 0 aliphatic carbocycles. The summed E-state index contributed by atoms with van der Waals surface area (Å²) >= 11 is 0. The Hall–Kier alpha value is -2.45. The standard InChI is InChI=1S/C19H28F3N3O3/c1-4-23-18(24-10-6-5-7-17(26)27-3)25-12-15-9-8-14(2)11-16(15)28-13-19(20,21)22/h8-9,11H,4-7,10,12-13H2,1-3H3,(H2,23,24,25). The molecule has 0 unspecified atom stereocenters. The van der Waals surface area contributed by atoms with Gasteiger partial charge >= 0.3 is 12.1 Å². The number of hydrogen-bond donors (Lipinski definition) is 2. The number of aliphatic imine (C=N–C) groups is 1. The topological polar surface area (TPSA) is 72.0 Å². The summed E-state index contributed by atoms with van der Waals surface area (Å²) in [6.07, 6.45) is -2.60. The van der Waals surface area contributed by atoms with E-state index in [0.29, 0.717) is 37.5 Å². The Kier molecular flexibility index (Phi) is 10.2. The molecule has 28 heavy (non-hydrogen) atoms. The van der Waals surface area contributed by atoms with Gasteiger partial charge in [-0.15, -0.1) is 0 Å². The second-order valence-electron chi connectivity index (χ2n) is 6.17. The van der Waals surface area contributed by atoms with Gasteiger partial charge in [0.15, 0.2) is 12.6 Å². The van der Waals surface area contributed by atoms with Crippen molar-refractivity contribution in [2.45, 2.75) is 45.8 Å². The molecule has 0 fully saturated rings. The lowest BCUT2D eigenvalue weighted by molar-refractivity contribution is -0.153. The number of carbonyl (C=O) groups excluding carboxylic acids is 1. The highest BCUT2D eigenvalue weighted by atomic mass is 19.4. The molecular weight excluding hydrogens is 375 g/mol. The number of guanidine groups is 1. The van der Waals surface area contributed by atoms with Gasteiger partial charge < -0.3 is 20.1 Å². The summed E-state index contributed by atoms with van der Waals surface area (Å²) in [5, 5.41) is 6.21. The average Bonchev–Trinajstić information content (AvgIpc) is 2.64. The van der Waals surface area contributed by atoms with E-state index in [0.717, 1.165) is 12.0 Å². The van der Waals surface area contributed by atoms with E-state index in [1.54, 1.807) is 25.1 Å². The number of carbonyl (C=O) groups is 1. The van der Waals surface area contributed by atoms with Crippen molar-refractivity contribution >= 4 is 11.9 Å². The zero-order valence-corrected chi connectivity index (χ0v) is 16.5. The summed E-state index contributed by atoms with van der Waals surface area (Å²) in [4.78, 5) is 15.5. The molecule has 158 valence electrons. The van der Waals surface area contributed by atoms with E-state index in [9.17, 15) is 18.0 Å². The van der Waals surface area contributed by atoms with Crippen LogP contribution in [-0.4, -0.2) is 44.9 Å². The molecule has 0 radical (unpaired) electrons. The van der Waals surface area contributed by atoms with Gasteiger partial charge in [0.1, 0.15) is 5.75 Å². The minimum absolute atomic E-state index is 0.172. The van der Waals surface area contributed by atoms with Gasteiger partial charge in [-0.25, -0.2) is 4.99 Å². The number of halogens is 3. The third kappa shape index (κ3) is 10.0. The fourth-order valence-corrected chi connectivity index (χ4v) is 2.30. The van der Waals surface area contributed by atoms with Gasteiger partial charge in [0.25, 0.3) is 0 Å². The molecule has 0 spiro atoms. The van der Waals surface area contributed by atoms with Crippen LogP contribution in [0.3, 0.4) is 0 Å². The molecule has 0 bridgehead atoms. The average molecular weight is 403 g/mol. The monoisotopic (exact) mass is 403 g/mol. The number of hydrogen-bond acceptors (Lipinski definition) is 4. The van der Waals surface area contributed by atoms with Crippen molar-refractivity contribution in [3.05, 3.63) is 29.3 Å². The lowest BCUT2D eigenvalue weighted by Gasteiger charge is -2.14. The zero-order chi connectivity index (χ0) is 21.0. The van der Waals surface area contributed by atoms with Crippen LogP contribution in [0.15, 0.2) is 23.2 Å². The van der Waals surface area contributed by atoms with Gasteiger partial charge in [0.2, 0.25) is 0 Å². The van der Waals surface area contributed by atoms with E-state index in [-0.39, 0.29) is 18.3 Å². The van der Waals surface area contributed by atoms with Crippen molar-refractivity contribution in [1.82, 2.24) is 10.6 Å². The number of nitrogens with one attached hydrogen (secondary N) is 2. The largest absolute Gasteiger partial charge is 0.484 e. The second-order valence-corrected chi connectivity index (χ2v) is 6.17. The van der Waals surface area contributed by atoms with Crippen LogP contribution in [0.5, 0.6) is 5.75 Å². The van der Waals surface area contributed by atoms with Crippen LogP contribution in [0.2, 0.25) is 0 Å². The number of aryl methyl sites for hydroxylation is 1. The fraction of sp³-hybridized carbons (Fsp3) is 0.579. The summed E-state index contributed by atoms with van der Waals surface area (Å²) < 4.78 is 46.9. The summed E-state index contributed by atoms with van der Waals surface area (Å²) in [6.45, 7) is 3.77. The number of benzene rings is 1. The summed E-state index contributed by atoms with van der Waals surface area (Å²) in [7, 11) is 1.36. The van der Waals surface area contributed by atoms with Crippen molar-refractivity contribution in [3.63, 3.8) is 0 Å². The van der Waals surface area contributed by atoms with Crippen molar-refractivity contribution in [2.24, 2.45) is 4.99 Å². The summed E-state index contributed by atoms with van der Waals surface area (Å²) in [5.41, 5.74) is 1.37. The molecule has 0 saturated heterocycles. The Morgan fingerprint density at radius 3 is 2.61 bits per heavy atom. The Bertz CT molecular complexity index is 649. The quantitative estimate of drug-likeness (QED) is 0.271. The maximum Gasteiger partial charge on any atom is 0.422 e. The number of nitrogens with zero attached hydrogens (tertiary/aromatic N) is 1. The molecular formula is C19H28F3N3O3. The van der Waals surface area contributed by atoms with Gasteiger partial charge in [-0.3, -0.25) is 4.79 Å². The van der Waals surface area contributed by atoms with Gasteiger partial charge in [-0.1, -0.05) is 12.1 Å². The lowest BCUT2D eigenvalue weighted by atomic mass is 10.1. The van der Waals surface area contributed by atoms with Crippen LogP contribution in [0.4, 0.5) is 13.2 Å². The number of ether oxygens (including phenoxy) is 2. The number of alkyl halides is 3. The highest BCUT2D eigenvalue weighted by Crippen LogP contribution is 2.24. The van der Waals surface area contributed by atoms with Crippen LogP contribution in [0.25, 0.3) is 0 Å². The molecule has 1 rings (SSSR count). The second kappa shape index (κ2) is 12.1. The van der Waals surface area contributed by atoms with E-state index >= 15 is 0 Å². The van der Waals surface area contributed by atoms with Crippen LogP contribution in [-0.2, 0) is 16.1 Å². The van der Waals surface area contributed by atoms with Crippen LogP contribution in [0, 0.1) is 6.92 Å². The molecule has 1 aromatic carbocycles. The molecule has 6 nitrogen and oxygen atoms in total. The molecule has 0 amide bonds. The Labute approximate surface area is 163 Å². The van der Waals surface area contributed by atoms with E-state index in [4.69, 9.17) is 4.74 Å². The van der Waals surface area contributed by atoms with Crippen molar-refractivity contribution in [2.75, 3.05) is 26.8 Å².